The van der Waals surface area contributed by atoms with E-state index in [-0.39, 0.29) is 23.0 Å². The number of pyridine rings is 1. The zero-order chi connectivity index (χ0) is 35.9. The molecule has 0 radical (unpaired) electrons. The fraction of sp³-hybridized carbons (Fsp3) is 0.262. The summed E-state index contributed by atoms with van der Waals surface area (Å²) >= 11 is 0. The van der Waals surface area contributed by atoms with E-state index >= 15 is 0 Å². The van der Waals surface area contributed by atoms with Crippen molar-refractivity contribution in [1.29, 1.82) is 0 Å². The van der Waals surface area contributed by atoms with E-state index in [0.717, 1.165) is 38.2 Å². The van der Waals surface area contributed by atoms with Crippen molar-refractivity contribution >= 4 is 43.5 Å². The molecule has 0 spiro atoms. The van der Waals surface area contributed by atoms with E-state index in [2.05, 4.69) is 77.9 Å². The number of nitrogens with zero attached hydrogens (tertiary/aromatic N) is 1. The lowest BCUT2D eigenvalue weighted by Crippen LogP contribution is -2.05. The van der Waals surface area contributed by atoms with E-state index in [1.807, 2.05) is 30.3 Å². The smallest absolute Gasteiger partial charge is 0.145 e. The summed E-state index contributed by atoms with van der Waals surface area (Å²) in [6, 6.07) is 26.0. The lowest BCUT2D eigenvalue weighted by molar-refractivity contribution is 0.670. The van der Waals surface area contributed by atoms with Gasteiger partial charge in [-0.05, 0) is 116 Å². The quantitative estimate of drug-likeness (QED) is 0.189. The first-order valence-electron chi connectivity index (χ1n) is 18.5. The molecule has 5 aromatic carbocycles. The second kappa shape index (κ2) is 10.6. The van der Waals surface area contributed by atoms with Gasteiger partial charge in [-0.3, -0.25) is 4.98 Å². The number of rotatable bonds is 5. The summed E-state index contributed by atoms with van der Waals surface area (Å²) in [5.41, 5.74) is 7.42. The fourth-order valence-electron chi connectivity index (χ4n) is 6.66. The van der Waals surface area contributed by atoms with Crippen LogP contribution in [0.1, 0.15) is 95.3 Å². The number of hydrogen-bond acceptors (Lipinski definition) is 2. The number of furan rings is 1. The normalized spacial score (nSPS) is 14.8. The standard InChI is InChI=1S/C42H41NO/c1-23(2)30-18-33(24(3)4)41(34(19-30)25(5)6)35-20-38(43-22-27(35)8)32-16-13-26(7)40-37-17-29-15-14-28-11-9-10-12-31(28)36(29)21-39(37)44-42(32)40/h9-25H,1-8H3/i7D3,8D3. The maximum Gasteiger partial charge on any atom is 0.145 e. The van der Waals surface area contributed by atoms with Gasteiger partial charge >= 0.3 is 0 Å². The van der Waals surface area contributed by atoms with Crippen LogP contribution in [-0.4, -0.2) is 4.98 Å². The van der Waals surface area contributed by atoms with E-state index < -0.39 is 13.7 Å². The highest BCUT2D eigenvalue weighted by Gasteiger charge is 2.22. The second-order valence-corrected chi connectivity index (χ2v) is 13.0. The number of aromatic nitrogens is 1. The van der Waals surface area contributed by atoms with Crippen molar-refractivity contribution in [2.75, 3.05) is 0 Å². The summed E-state index contributed by atoms with van der Waals surface area (Å²) in [6.45, 7) is 8.11. The Bertz CT molecular complexity index is 2420. The molecule has 0 saturated heterocycles. The maximum atomic E-state index is 8.55. The van der Waals surface area contributed by atoms with Crippen LogP contribution < -0.4 is 0 Å². The van der Waals surface area contributed by atoms with Gasteiger partial charge in [-0.2, -0.15) is 0 Å². The van der Waals surface area contributed by atoms with Crippen LogP contribution in [0.15, 0.2) is 89.5 Å². The third-order valence-corrected chi connectivity index (χ3v) is 9.07. The first kappa shape index (κ1) is 22.1. The Balaban J connectivity index is 1.56. The molecule has 7 aromatic rings. The molecule has 0 aliphatic carbocycles. The van der Waals surface area contributed by atoms with E-state index in [4.69, 9.17) is 17.6 Å². The van der Waals surface area contributed by atoms with Gasteiger partial charge < -0.3 is 4.42 Å². The van der Waals surface area contributed by atoms with E-state index in [1.165, 1.54) is 11.8 Å². The molecular formula is C42H41NO. The van der Waals surface area contributed by atoms with Crippen LogP contribution >= 0.6 is 0 Å². The van der Waals surface area contributed by atoms with Crippen LogP contribution in [0.25, 0.3) is 65.9 Å². The average Bonchev–Trinajstić information content (AvgIpc) is 3.43. The molecule has 2 nitrogen and oxygen atoms in total. The summed E-state index contributed by atoms with van der Waals surface area (Å²) < 4.78 is 57.6. The van der Waals surface area contributed by atoms with Crippen molar-refractivity contribution < 1.29 is 12.6 Å². The van der Waals surface area contributed by atoms with Gasteiger partial charge in [0.15, 0.2) is 0 Å². The third-order valence-electron chi connectivity index (χ3n) is 9.07. The molecule has 2 aromatic heterocycles. The van der Waals surface area contributed by atoms with Gasteiger partial charge in [0.2, 0.25) is 0 Å². The fourth-order valence-corrected chi connectivity index (χ4v) is 6.66. The molecule has 2 heteroatoms. The highest BCUT2D eigenvalue weighted by Crippen LogP contribution is 2.43. The molecule has 0 atom stereocenters. The van der Waals surface area contributed by atoms with Gasteiger partial charge in [-0.15, -0.1) is 0 Å². The molecule has 220 valence electrons. The van der Waals surface area contributed by atoms with Gasteiger partial charge in [0.05, 0.1) is 5.69 Å². The molecule has 0 aliphatic heterocycles. The number of hydrogen-bond donors (Lipinski definition) is 0. The van der Waals surface area contributed by atoms with Crippen LogP contribution in [-0.2, 0) is 0 Å². The maximum absolute atomic E-state index is 8.55. The minimum atomic E-state index is -2.41. The highest BCUT2D eigenvalue weighted by molar-refractivity contribution is 6.18. The van der Waals surface area contributed by atoms with Crippen molar-refractivity contribution in [2.45, 2.75) is 73.0 Å². The number of benzene rings is 5. The monoisotopic (exact) mass is 581 g/mol. The Morgan fingerprint density at radius 3 is 2.07 bits per heavy atom. The van der Waals surface area contributed by atoms with Crippen LogP contribution in [0.2, 0.25) is 0 Å². The lowest BCUT2D eigenvalue weighted by Gasteiger charge is -2.24. The van der Waals surface area contributed by atoms with Crippen molar-refractivity contribution in [3.8, 4) is 22.4 Å². The molecule has 0 amide bonds. The first-order chi connectivity index (χ1) is 23.5. The van der Waals surface area contributed by atoms with Crippen molar-refractivity contribution in [2.24, 2.45) is 0 Å². The van der Waals surface area contributed by atoms with Crippen molar-refractivity contribution in [3.63, 3.8) is 0 Å². The highest BCUT2D eigenvalue weighted by atomic mass is 16.3. The molecule has 0 saturated carbocycles. The summed E-state index contributed by atoms with van der Waals surface area (Å²) in [4.78, 5) is 4.74. The first-order valence-corrected chi connectivity index (χ1v) is 15.5. The predicted octanol–water partition coefficient (Wildman–Crippen LogP) is 12.6. The van der Waals surface area contributed by atoms with Crippen LogP contribution in [0.5, 0.6) is 0 Å². The summed E-state index contributed by atoms with van der Waals surface area (Å²) in [7, 11) is 0. The molecule has 0 fully saturated rings. The van der Waals surface area contributed by atoms with Gasteiger partial charge in [0, 0.05) is 30.8 Å². The zero-order valence-electron chi connectivity index (χ0n) is 32.2. The summed E-state index contributed by atoms with van der Waals surface area (Å²) in [5, 5.41) is 5.41. The molecule has 0 unspecified atom stereocenters. The zero-order valence-corrected chi connectivity index (χ0v) is 26.2. The molecule has 2 heterocycles. The van der Waals surface area contributed by atoms with E-state index in [9.17, 15) is 0 Å². The minimum absolute atomic E-state index is 0.133. The Morgan fingerprint density at radius 2 is 1.36 bits per heavy atom. The molecule has 0 bridgehead atoms. The van der Waals surface area contributed by atoms with Crippen LogP contribution in [0.4, 0.5) is 0 Å². The number of aryl methyl sites for hydroxylation is 2. The Labute approximate surface area is 269 Å². The SMILES string of the molecule is [2H]C([2H])([2H])c1cnc(-c2ccc(C([2H])([2H])[2H])c3c2oc2cc4c(ccc5ccccc54)cc23)cc1-c1c(C(C)C)cc(C(C)C)cc1C(C)C. The average molecular weight is 582 g/mol. The van der Waals surface area contributed by atoms with Crippen molar-refractivity contribution in [1.82, 2.24) is 4.98 Å². The van der Waals surface area contributed by atoms with E-state index in [0.29, 0.717) is 44.7 Å². The van der Waals surface area contributed by atoms with Gasteiger partial charge in [-0.1, -0.05) is 96.1 Å². The number of fused-ring (bicyclic) bond motifs is 6. The second-order valence-electron chi connectivity index (χ2n) is 13.0. The van der Waals surface area contributed by atoms with Crippen LogP contribution in [0.3, 0.4) is 0 Å². The Morgan fingerprint density at radius 1 is 0.636 bits per heavy atom. The van der Waals surface area contributed by atoms with Crippen molar-refractivity contribution in [3.05, 3.63) is 113 Å². The van der Waals surface area contributed by atoms with Gasteiger partial charge in [0.1, 0.15) is 11.2 Å². The molecule has 0 aliphatic rings. The minimum Gasteiger partial charge on any atom is -0.455 e. The Hall–Kier alpha value is -4.43. The largest absolute Gasteiger partial charge is 0.455 e. The third kappa shape index (κ3) is 4.51. The van der Waals surface area contributed by atoms with Gasteiger partial charge in [0.25, 0.3) is 0 Å². The molecule has 44 heavy (non-hydrogen) atoms. The van der Waals surface area contributed by atoms with E-state index in [1.54, 1.807) is 12.1 Å². The molecular weight excluding hydrogens is 534 g/mol. The lowest BCUT2D eigenvalue weighted by atomic mass is 9.81. The molecule has 7 rings (SSSR count). The predicted molar refractivity (Wildman–Crippen MR) is 189 cm³/mol. The summed E-state index contributed by atoms with van der Waals surface area (Å²) in [5.74, 6) is 0.572. The van der Waals surface area contributed by atoms with Crippen LogP contribution in [0, 0.1) is 13.7 Å². The molecule has 0 N–H and O–H groups in total. The van der Waals surface area contributed by atoms with Gasteiger partial charge in [-0.25, -0.2) is 0 Å². The topological polar surface area (TPSA) is 26.0 Å². The summed E-state index contributed by atoms with van der Waals surface area (Å²) in [6.07, 6.45) is 1.47. The Kier molecular flexibility index (Phi) is 5.35.